The first-order valence-electron chi connectivity index (χ1n) is 20.2. The first-order valence-corrected chi connectivity index (χ1v) is 27.2. The van der Waals surface area contributed by atoms with Crippen LogP contribution in [0.15, 0.2) is 97.1 Å². The number of benzene rings is 4. The van der Waals surface area contributed by atoms with Gasteiger partial charge in [-0.25, -0.2) is 0 Å². The van der Waals surface area contributed by atoms with E-state index in [0.29, 0.717) is 0 Å². The second-order valence-electron chi connectivity index (χ2n) is 22.3. The van der Waals surface area contributed by atoms with Crippen molar-refractivity contribution < 1.29 is 26.2 Å². The van der Waals surface area contributed by atoms with Crippen LogP contribution in [0.2, 0.25) is 39.3 Å². The molecule has 0 spiro atoms. The zero-order valence-corrected chi connectivity index (χ0v) is 42.2. The Balaban J connectivity index is 0.000000240. The van der Waals surface area contributed by atoms with Gasteiger partial charge in [-0.1, -0.05) is 205 Å². The summed E-state index contributed by atoms with van der Waals surface area (Å²) in [5.41, 5.74) is 11.6. The van der Waals surface area contributed by atoms with Crippen molar-refractivity contribution in [3.63, 3.8) is 0 Å². The van der Waals surface area contributed by atoms with Crippen molar-refractivity contribution in [3.8, 4) is 22.3 Å². The van der Waals surface area contributed by atoms with E-state index >= 15 is 0 Å². The van der Waals surface area contributed by atoms with E-state index in [1.165, 1.54) is 76.4 Å². The van der Waals surface area contributed by atoms with E-state index in [-0.39, 0.29) is 47.9 Å². The maximum atomic E-state index is 2.42. The predicted molar refractivity (Wildman–Crippen MR) is 251 cm³/mol. The van der Waals surface area contributed by atoms with Gasteiger partial charge in [0.15, 0.2) is 0 Å². The molecule has 6 rings (SSSR count). The molecule has 0 nitrogen and oxygen atoms in total. The molecule has 0 fully saturated rings. The Morgan fingerprint density at radius 2 is 0.636 bits per heavy atom. The van der Waals surface area contributed by atoms with Gasteiger partial charge < -0.3 is 0 Å². The maximum Gasteiger partial charge on any atom is 2.00 e. The zero-order valence-electron chi connectivity index (χ0n) is 37.7. The fourth-order valence-electron chi connectivity index (χ4n) is 7.00. The zero-order chi connectivity index (χ0) is 40.4. The number of rotatable bonds is 4. The molecule has 0 atom stereocenters. The van der Waals surface area contributed by atoms with Crippen LogP contribution >= 0.6 is 0 Å². The van der Waals surface area contributed by atoms with Crippen molar-refractivity contribution in [3.05, 3.63) is 119 Å². The predicted octanol–water partition coefficient (Wildman–Crippen LogP) is 14.7. The summed E-state index contributed by atoms with van der Waals surface area (Å²) in [6, 6.07) is 38.0. The molecule has 3 heteroatoms. The van der Waals surface area contributed by atoms with Gasteiger partial charge in [0, 0.05) is 0 Å². The van der Waals surface area contributed by atoms with E-state index in [4.69, 9.17) is 0 Å². The van der Waals surface area contributed by atoms with E-state index < -0.39 is 16.1 Å². The summed E-state index contributed by atoms with van der Waals surface area (Å²) in [7, 11) is -2.58. The van der Waals surface area contributed by atoms with Gasteiger partial charge in [-0.2, -0.15) is 0 Å². The van der Waals surface area contributed by atoms with Crippen LogP contribution in [-0.4, -0.2) is 16.1 Å². The molecule has 0 radical (unpaired) electrons. The van der Waals surface area contributed by atoms with Crippen LogP contribution in [-0.2, 0) is 47.9 Å². The molecule has 0 amide bonds. The molecule has 0 bridgehead atoms. The van der Waals surface area contributed by atoms with Crippen LogP contribution in [0.1, 0.15) is 105 Å². The maximum absolute atomic E-state index is 2.42. The fourth-order valence-corrected chi connectivity index (χ4v) is 9.35. The molecule has 0 aliphatic carbocycles. The first-order chi connectivity index (χ1) is 24.5. The summed E-state index contributed by atoms with van der Waals surface area (Å²) in [4.78, 5) is 0. The Hall–Kier alpha value is -2.58. The van der Waals surface area contributed by atoms with Gasteiger partial charge >= 0.3 is 26.2 Å². The van der Waals surface area contributed by atoms with Gasteiger partial charge in [0.25, 0.3) is 0 Å². The Morgan fingerprint density at radius 1 is 0.364 bits per heavy atom. The Morgan fingerprint density at radius 3 is 0.873 bits per heavy atom. The summed E-state index contributed by atoms with van der Waals surface area (Å²) in [5, 5.41) is 8.53. The second kappa shape index (κ2) is 15.6. The monoisotopic (exact) mass is 840 g/mol. The number of fused-ring (bicyclic) bond motifs is 2. The average molecular weight is 843 g/mol. The molecule has 6 aromatic carbocycles. The van der Waals surface area contributed by atoms with Crippen molar-refractivity contribution in [1.29, 1.82) is 0 Å². The Labute approximate surface area is 357 Å². The number of hydrogen-bond donors (Lipinski definition) is 0. The summed E-state index contributed by atoms with van der Waals surface area (Å²) in [6.45, 7) is 42.2. The summed E-state index contributed by atoms with van der Waals surface area (Å²) >= 11 is 0. The number of hydrogen-bond acceptors (Lipinski definition) is 0. The molecule has 290 valence electrons. The van der Waals surface area contributed by atoms with Gasteiger partial charge in [-0.05, 0) is 43.9 Å². The minimum atomic E-state index is -1.29. The van der Waals surface area contributed by atoms with Crippen molar-refractivity contribution >= 4 is 48.1 Å². The van der Waals surface area contributed by atoms with Crippen LogP contribution in [0.4, 0.5) is 0 Å². The first kappa shape index (κ1) is 45.1. The van der Waals surface area contributed by atoms with Crippen LogP contribution < -0.4 is 10.4 Å². The summed E-state index contributed by atoms with van der Waals surface area (Å²) in [5.74, 6) is 0. The third-order valence-corrected chi connectivity index (χ3v) is 15.2. The van der Waals surface area contributed by atoms with Crippen molar-refractivity contribution in [2.45, 2.75) is 144 Å². The third kappa shape index (κ3) is 10.9. The van der Waals surface area contributed by atoms with Crippen LogP contribution in [0.5, 0.6) is 0 Å². The summed E-state index contributed by atoms with van der Waals surface area (Å²) < 4.78 is 0. The largest absolute Gasteiger partial charge is 2.00 e. The van der Waals surface area contributed by atoms with E-state index in [2.05, 4.69) is 219 Å². The molecule has 0 saturated heterocycles. The molecule has 6 aromatic rings. The fraction of sp³-hybridized carbons (Fsp3) is 0.423. The van der Waals surface area contributed by atoms with Crippen LogP contribution in [0.25, 0.3) is 43.8 Å². The van der Waals surface area contributed by atoms with Crippen molar-refractivity contribution in [2.75, 3.05) is 0 Å². The molecule has 0 saturated carbocycles. The standard InChI is InChI=1S/2C26H35Si.Zr/c2*1-25(2,3)22-14-21(15-23(17-22)26(4,5)6)19-12-18-10-11-24(27(7,8)9)16-20(18)13-19;/h2*10-17H,1-9H3;/q2*-1;+2. The van der Waals surface area contributed by atoms with E-state index in [0.717, 1.165) is 0 Å². The average Bonchev–Trinajstić information content (AvgIpc) is 3.66. The minimum Gasteiger partial charge on any atom is -0.145 e. The molecule has 0 N–H and O–H groups in total. The molecule has 0 aliphatic rings. The molecule has 0 unspecified atom stereocenters. The second-order valence-corrected chi connectivity index (χ2v) is 32.4. The minimum absolute atomic E-state index is 0. The smallest absolute Gasteiger partial charge is 0.145 e. The molecular weight excluding hydrogens is 772 g/mol. The molecular formula is C52H70Si2Zr. The van der Waals surface area contributed by atoms with Crippen molar-refractivity contribution in [1.82, 2.24) is 0 Å². The Bertz CT molecular complexity index is 2040. The summed E-state index contributed by atoms with van der Waals surface area (Å²) in [6.07, 6.45) is 0. The molecule has 0 heterocycles. The van der Waals surface area contributed by atoms with Gasteiger partial charge in [0.2, 0.25) is 0 Å². The Kier molecular flexibility index (Phi) is 12.8. The quantitative estimate of drug-likeness (QED) is 0.123. The van der Waals surface area contributed by atoms with Crippen molar-refractivity contribution in [2.24, 2.45) is 0 Å². The van der Waals surface area contributed by atoms with Crippen LogP contribution in [0.3, 0.4) is 0 Å². The molecule has 0 aromatic heterocycles. The van der Waals surface area contributed by atoms with Gasteiger partial charge in [-0.15, -0.1) is 69.1 Å². The van der Waals surface area contributed by atoms with Gasteiger partial charge in [0.05, 0.1) is 16.1 Å². The van der Waals surface area contributed by atoms with E-state index in [1.807, 2.05) is 0 Å². The van der Waals surface area contributed by atoms with Crippen LogP contribution in [0, 0.1) is 0 Å². The van der Waals surface area contributed by atoms with Gasteiger partial charge in [-0.3, -0.25) is 0 Å². The van der Waals surface area contributed by atoms with Gasteiger partial charge in [0.1, 0.15) is 0 Å². The van der Waals surface area contributed by atoms with E-state index in [9.17, 15) is 0 Å². The SMILES string of the molecule is CC(C)(C)c1cc(-c2cc3cc([Si](C)(C)C)ccc3[cH-]2)cc(C(C)(C)C)c1.CC(C)(C)c1cc(-c2cc3cc([Si](C)(C)C)ccc3[cH-]2)cc(C(C)(C)C)c1.[Zr+2]. The third-order valence-electron chi connectivity index (χ3n) is 11.1. The van der Waals surface area contributed by atoms with E-state index in [1.54, 1.807) is 0 Å². The molecule has 55 heavy (non-hydrogen) atoms. The molecule has 0 aliphatic heterocycles. The normalized spacial score (nSPS) is 13.1. The topological polar surface area (TPSA) is 0 Å².